The summed E-state index contributed by atoms with van der Waals surface area (Å²) in [5.74, 6) is 0.153. The monoisotopic (exact) mass is 357 g/mol. The smallest absolute Gasteiger partial charge is 0.319 e. The third-order valence-electron chi connectivity index (χ3n) is 4.20. The molecule has 0 saturated carbocycles. The van der Waals surface area contributed by atoms with Gasteiger partial charge < -0.3 is 15.5 Å². The molecular formula is C19H20ClN3O2. The summed E-state index contributed by atoms with van der Waals surface area (Å²) in [6.45, 7) is 3.03. The molecule has 25 heavy (non-hydrogen) atoms. The number of nitrogens with zero attached hydrogens (tertiary/aromatic N) is 1. The second kappa shape index (κ2) is 7.57. The molecule has 130 valence electrons. The van der Waals surface area contributed by atoms with Gasteiger partial charge in [0.2, 0.25) is 5.91 Å². The molecule has 6 heteroatoms. The standard InChI is InChI=1S/C19H20ClN3O2/c1-13-2-6-16(7-3-13)22-19(25)21-11-14-10-18(24)23(12-14)17-8-4-15(20)5-9-17/h2-9,14H,10-12H2,1H3,(H2,21,22,25)/t14-/m1/s1. The number of rotatable bonds is 4. The van der Waals surface area contributed by atoms with Gasteiger partial charge in [-0.15, -0.1) is 0 Å². The second-order valence-electron chi connectivity index (χ2n) is 6.25. The number of hydrogen-bond acceptors (Lipinski definition) is 2. The van der Waals surface area contributed by atoms with Crippen LogP contribution in [0.5, 0.6) is 0 Å². The summed E-state index contributed by atoms with van der Waals surface area (Å²) in [7, 11) is 0. The molecule has 1 atom stereocenters. The Labute approximate surface area is 152 Å². The van der Waals surface area contributed by atoms with Gasteiger partial charge in [0.05, 0.1) is 0 Å². The Morgan fingerprint density at radius 1 is 1.16 bits per heavy atom. The number of anilines is 2. The first kappa shape index (κ1) is 17.3. The largest absolute Gasteiger partial charge is 0.338 e. The quantitative estimate of drug-likeness (QED) is 0.873. The molecule has 2 N–H and O–H groups in total. The van der Waals surface area contributed by atoms with E-state index in [2.05, 4.69) is 10.6 Å². The number of urea groups is 1. The van der Waals surface area contributed by atoms with E-state index in [1.807, 2.05) is 43.3 Å². The molecule has 0 aromatic heterocycles. The van der Waals surface area contributed by atoms with Crippen LogP contribution in [0.15, 0.2) is 48.5 Å². The number of benzene rings is 2. The van der Waals surface area contributed by atoms with Crippen LogP contribution >= 0.6 is 11.6 Å². The number of amides is 3. The zero-order valence-electron chi connectivity index (χ0n) is 14.0. The number of carbonyl (C=O) groups excluding carboxylic acids is 2. The molecular weight excluding hydrogens is 338 g/mol. The Morgan fingerprint density at radius 3 is 2.52 bits per heavy atom. The van der Waals surface area contributed by atoms with Crippen molar-refractivity contribution in [2.45, 2.75) is 13.3 Å². The summed E-state index contributed by atoms with van der Waals surface area (Å²) in [6, 6.07) is 14.5. The summed E-state index contributed by atoms with van der Waals surface area (Å²) < 4.78 is 0. The highest BCUT2D eigenvalue weighted by molar-refractivity contribution is 6.30. The maximum Gasteiger partial charge on any atom is 0.319 e. The van der Waals surface area contributed by atoms with E-state index in [-0.39, 0.29) is 17.9 Å². The summed E-state index contributed by atoms with van der Waals surface area (Å²) in [4.78, 5) is 25.9. The van der Waals surface area contributed by atoms with E-state index < -0.39 is 0 Å². The van der Waals surface area contributed by atoms with Gasteiger partial charge in [0, 0.05) is 41.8 Å². The molecule has 0 spiro atoms. The molecule has 0 aliphatic carbocycles. The zero-order valence-corrected chi connectivity index (χ0v) is 14.7. The van der Waals surface area contributed by atoms with Crippen molar-refractivity contribution in [2.24, 2.45) is 5.92 Å². The van der Waals surface area contributed by atoms with Gasteiger partial charge in [-0.25, -0.2) is 4.79 Å². The Bertz CT molecular complexity index is 759. The van der Waals surface area contributed by atoms with Crippen LogP contribution in [-0.2, 0) is 4.79 Å². The van der Waals surface area contributed by atoms with Gasteiger partial charge in [0.1, 0.15) is 0 Å². The van der Waals surface area contributed by atoms with Crippen LogP contribution in [0.25, 0.3) is 0 Å². The summed E-state index contributed by atoms with van der Waals surface area (Å²) in [6.07, 6.45) is 0.424. The maximum absolute atomic E-state index is 12.2. The normalized spacial score (nSPS) is 16.8. The molecule has 2 aromatic carbocycles. The summed E-state index contributed by atoms with van der Waals surface area (Å²) >= 11 is 5.89. The van der Waals surface area contributed by atoms with Crippen LogP contribution in [0.1, 0.15) is 12.0 Å². The van der Waals surface area contributed by atoms with Gasteiger partial charge in [-0.3, -0.25) is 4.79 Å². The Kier molecular flexibility index (Phi) is 5.24. The number of carbonyl (C=O) groups is 2. The van der Waals surface area contributed by atoms with Gasteiger partial charge in [-0.2, -0.15) is 0 Å². The number of nitrogens with one attached hydrogen (secondary N) is 2. The minimum atomic E-state index is -0.263. The average molecular weight is 358 g/mol. The zero-order chi connectivity index (χ0) is 17.8. The molecule has 0 bridgehead atoms. The summed E-state index contributed by atoms with van der Waals surface area (Å²) in [5, 5.41) is 6.27. The Morgan fingerprint density at radius 2 is 1.84 bits per heavy atom. The molecule has 5 nitrogen and oxygen atoms in total. The third kappa shape index (κ3) is 4.51. The minimum absolute atomic E-state index is 0.0630. The lowest BCUT2D eigenvalue weighted by atomic mass is 10.1. The van der Waals surface area contributed by atoms with Gasteiger partial charge in [0.25, 0.3) is 0 Å². The predicted molar refractivity (Wildman–Crippen MR) is 100 cm³/mol. The van der Waals surface area contributed by atoms with E-state index in [9.17, 15) is 9.59 Å². The van der Waals surface area contributed by atoms with E-state index >= 15 is 0 Å². The van der Waals surface area contributed by atoms with Gasteiger partial charge in [0.15, 0.2) is 0 Å². The first-order valence-electron chi connectivity index (χ1n) is 8.19. The van der Waals surface area contributed by atoms with Crippen molar-refractivity contribution >= 4 is 34.9 Å². The molecule has 1 aliphatic heterocycles. The van der Waals surface area contributed by atoms with Crippen LogP contribution in [-0.4, -0.2) is 25.0 Å². The predicted octanol–water partition coefficient (Wildman–Crippen LogP) is 3.82. The maximum atomic E-state index is 12.2. The second-order valence-corrected chi connectivity index (χ2v) is 6.69. The fraction of sp³-hybridized carbons (Fsp3) is 0.263. The third-order valence-corrected chi connectivity index (χ3v) is 4.46. The molecule has 0 unspecified atom stereocenters. The van der Waals surface area contributed by atoms with Crippen molar-refractivity contribution in [1.82, 2.24) is 5.32 Å². The van der Waals surface area contributed by atoms with Gasteiger partial charge in [-0.1, -0.05) is 29.3 Å². The SMILES string of the molecule is Cc1ccc(NC(=O)NC[C@H]2CC(=O)N(c3ccc(Cl)cc3)C2)cc1. The summed E-state index contributed by atoms with van der Waals surface area (Å²) in [5.41, 5.74) is 2.71. The van der Waals surface area contributed by atoms with Crippen molar-refractivity contribution in [3.8, 4) is 0 Å². The molecule has 3 rings (SSSR count). The highest BCUT2D eigenvalue weighted by Crippen LogP contribution is 2.26. The molecule has 1 aliphatic rings. The van der Waals surface area contributed by atoms with E-state index in [0.29, 0.717) is 24.5 Å². The van der Waals surface area contributed by atoms with E-state index in [4.69, 9.17) is 11.6 Å². The molecule has 1 saturated heterocycles. The van der Waals surface area contributed by atoms with Crippen LogP contribution in [0.4, 0.5) is 16.2 Å². The van der Waals surface area contributed by atoms with Crippen LogP contribution in [0.2, 0.25) is 5.02 Å². The molecule has 3 amide bonds. The van der Waals surface area contributed by atoms with Crippen molar-refractivity contribution < 1.29 is 9.59 Å². The van der Waals surface area contributed by atoms with E-state index in [0.717, 1.165) is 16.9 Å². The van der Waals surface area contributed by atoms with Crippen LogP contribution in [0, 0.1) is 12.8 Å². The number of hydrogen-bond donors (Lipinski definition) is 2. The lowest BCUT2D eigenvalue weighted by Crippen LogP contribution is -2.34. The fourth-order valence-corrected chi connectivity index (χ4v) is 2.96. The Hall–Kier alpha value is -2.53. The first-order valence-corrected chi connectivity index (χ1v) is 8.56. The molecule has 2 aromatic rings. The number of aryl methyl sites for hydroxylation is 1. The first-order chi connectivity index (χ1) is 12.0. The Balaban J connectivity index is 1.50. The number of halogens is 1. The highest BCUT2D eigenvalue weighted by Gasteiger charge is 2.30. The van der Waals surface area contributed by atoms with Crippen LogP contribution < -0.4 is 15.5 Å². The average Bonchev–Trinajstić information content (AvgIpc) is 2.97. The van der Waals surface area contributed by atoms with E-state index in [1.165, 1.54) is 0 Å². The molecule has 0 radical (unpaired) electrons. The lowest BCUT2D eigenvalue weighted by Gasteiger charge is -2.17. The van der Waals surface area contributed by atoms with Crippen LogP contribution in [0.3, 0.4) is 0 Å². The van der Waals surface area contributed by atoms with Gasteiger partial charge in [-0.05, 0) is 43.3 Å². The van der Waals surface area contributed by atoms with Crippen molar-refractivity contribution in [3.05, 3.63) is 59.1 Å². The van der Waals surface area contributed by atoms with Crippen molar-refractivity contribution in [2.75, 3.05) is 23.3 Å². The lowest BCUT2D eigenvalue weighted by molar-refractivity contribution is -0.117. The molecule has 1 fully saturated rings. The minimum Gasteiger partial charge on any atom is -0.338 e. The highest BCUT2D eigenvalue weighted by atomic mass is 35.5. The van der Waals surface area contributed by atoms with E-state index in [1.54, 1.807) is 17.0 Å². The van der Waals surface area contributed by atoms with Gasteiger partial charge >= 0.3 is 6.03 Å². The topological polar surface area (TPSA) is 61.4 Å². The van der Waals surface area contributed by atoms with Crippen molar-refractivity contribution in [1.29, 1.82) is 0 Å². The molecule has 1 heterocycles. The van der Waals surface area contributed by atoms with Crippen molar-refractivity contribution in [3.63, 3.8) is 0 Å². The fourth-order valence-electron chi connectivity index (χ4n) is 2.84.